The van der Waals surface area contributed by atoms with Crippen LogP contribution in [0.3, 0.4) is 0 Å². The monoisotopic (exact) mass is 507 g/mol. The van der Waals surface area contributed by atoms with E-state index in [1.807, 2.05) is 6.07 Å². The molecule has 0 unspecified atom stereocenters. The SMILES string of the molecule is CCN(CCCNC(=NCC(=O)N(C)C)NCCSC)c1ccccc1.I. The van der Waals surface area contributed by atoms with Gasteiger partial charge in [0.1, 0.15) is 6.54 Å². The van der Waals surface area contributed by atoms with E-state index in [2.05, 4.69) is 58.0 Å². The smallest absolute Gasteiger partial charge is 0.243 e. The van der Waals surface area contributed by atoms with Crippen LogP contribution in [0.15, 0.2) is 35.3 Å². The van der Waals surface area contributed by atoms with Crippen LogP contribution >= 0.6 is 35.7 Å². The van der Waals surface area contributed by atoms with Gasteiger partial charge >= 0.3 is 0 Å². The van der Waals surface area contributed by atoms with Gasteiger partial charge in [0.25, 0.3) is 0 Å². The van der Waals surface area contributed by atoms with Gasteiger partial charge in [0.05, 0.1) is 0 Å². The molecular formula is C19H34IN5OS. The molecule has 27 heavy (non-hydrogen) atoms. The summed E-state index contributed by atoms with van der Waals surface area (Å²) in [6.45, 7) is 5.92. The van der Waals surface area contributed by atoms with Crippen molar-refractivity contribution in [2.45, 2.75) is 13.3 Å². The highest BCUT2D eigenvalue weighted by atomic mass is 127. The number of anilines is 1. The summed E-state index contributed by atoms with van der Waals surface area (Å²) in [7, 11) is 3.49. The molecule has 1 aromatic carbocycles. The first-order chi connectivity index (χ1) is 12.6. The summed E-state index contributed by atoms with van der Waals surface area (Å²) in [4.78, 5) is 20.1. The normalized spacial score (nSPS) is 10.7. The highest BCUT2D eigenvalue weighted by Crippen LogP contribution is 2.12. The predicted molar refractivity (Wildman–Crippen MR) is 130 cm³/mol. The lowest BCUT2D eigenvalue weighted by molar-refractivity contribution is -0.127. The number of carbonyl (C=O) groups is 1. The Morgan fingerprint density at radius 3 is 2.41 bits per heavy atom. The standard InChI is InChI=1S/C19H33N5OS.HI/c1-5-24(17-10-7-6-8-11-17)14-9-12-20-19(21-13-15-26-4)22-16-18(25)23(2)3;/h6-8,10-11H,5,9,12-16H2,1-4H3,(H2,20,21,22);1H. The van der Waals surface area contributed by atoms with Gasteiger partial charge in [-0.25, -0.2) is 4.99 Å². The Balaban J connectivity index is 0.00000676. The van der Waals surface area contributed by atoms with E-state index in [1.165, 1.54) is 5.69 Å². The number of para-hydroxylation sites is 1. The summed E-state index contributed by atoms with van der Waals surface area (Å²) < 4.78 is 0. The van der Waals surface area contributed by atoms with E-state index in [4.69, 9.17) is 0 Å². The third-order valence-corrected chi connectivity index (χ3v) is 4.48. The molecule has 0 fully saturated rings. The third-order valence-electron chi connectivity index (χ3n) is 3.87. The molecule has 154 valence electrons. The molecule has 0 atom stereocenters. The second-order valence-corrected chi connectivity index (χ2v) is 7.05. The van der Waals surface area contributed by atoms with E-state index in [0.717, 1.165) is 38.4 Å². The van der Waals surface area contributed by atoms with Crippen LogP contribution in [-0.4, -0.2) is 75.6 Å². The van der Waals surface area contributed by atoms with Gasteiger partial charge in [-0.1, -0.05) is 18.2 Å². The van der Waals surface area contributed by atoms with Crippen molar-refractivity contribution in [3.8, 4) is 0 Å². The van der Waals surface area contributed by atoms with Gasteiger partial charge < -0.3 is 20.4 Å². The van der Waals surface area contributed by atoms with E-state index in [1.54, 1.807) is 30.8 Å². The number of carbonyl (C=O) groups excluding carboxylic acids is 1. The van der Waals surface area contributed by atoms with Crippen LogP contribution in [0.2, 0.25) is 0 Å². The number of likely N-dealkylation sites (N-methyl/N-ethyl adjacent to an activating group) is 1. The fourth-order valence-corrected chi connectivity index (χ4v) is 2.63. The van der Waals surface area contributed by atoms with Gasteiger partial charge in [-0.15, -0.1) is 24.0 Å². The number of hydrogen-bond donors (Lipinski definition) is 2. The molecule has 1 aromatic rings. The molecule has 2 N–H and O–H groups in total. The average molecular weight is 507 g/mol. The molecule has 0 saturated carbocycles. The van der Waals surface area contributed by atoms with Crippen LogP contribution in [0, 0.1) is 0 Å². The lowest BCUT2D eigenvalue weighted by Gasteiger charge is -2.23. The molecule has 0 radical (unpaired) electrons. The van der Waals surface area contributed by atoms with Gasteiger partial charge in [0.15, 0.2) is 5.96 Å². The lowest BCUT2D eigenvalue weighted by Crippen LogP contribution is -2.40. The van der Waals surface area contributed by atoms with Crippen LogP contribution in [-0.2, 0) is 4.79 Å². The maximum absolute atomic E-state index is 11.7. The highest BCUT2D eigenvalue weighted by molar-refractivity contribution is 14.0. The minimum atomic E-state index is -0.00259. The average Bonchev–Trinajstić information content (AvgIpc) is 2.66. The topological polar surface area (TPSA) is 60.0 Å². The van der Waals surface area contributed by atoms with Crippen LogP contribution < -0.4 is 15.5 Å². The maximum Gasteiger partial charge on any atom is 0.243 e. The van der Waals surface area contributed by atoms with Crippen molar-refractivity contribution in [3.05, 3.63) is 30.3 Å². The molecule has 0 heterocycles. The zero-order valence-electron chi connectivity index (χ0n) is 16.9. The number of benzene rings is 1. The molecule has 6 nitrogen and oxygen atoms in total. The first-order valence-electron chi connectivity index (χ1n) is 9.09. The molecule has 0 aliphatic carbocycles. The summed E-state index contributed by atoms with van der Waals surface area (Å²) in [5, 5.41) is 6.62. The summed E-state index contributed by atoms with van der Waals surface area (Å²) in [5.74, 6) is 1.70. The molecule has 1 rings (SSSR count). The molecule has 1 amide bonds. The summed E-state index contributed by atoms with van der Waals surface area (Å²) in [6.07, 6.45) is 3.07. The van der Waals surface area contributed by atoms with Crippen molar-refractivity contribution < 1.29 is 4.79 Å². The largest absolute Gasteiger partial charge is 0.372 e. The number of aliphatic imine (C=N–C) groups is 1. The Labute approximate surface area is 185 Å². The second kappa shape index (κ2) is 15.9. The number of nitrogens with one attached hydrogen (secondary N) is 2. The molecule has 0 aliphatic rings. The van der Waals surface area contributed by atoms with Crippen LogP contribution in [0.4, 0.5) is 5.69 Å². The number of rotatable bonds is 11. The van der Waals surface area contributed by atoms with Crippen molar-refractivity contribution in [3.63, 3.8) is 0 Å². The van der Waals surface area contributed by atoms with E-state index in [0.29, 0.717) is 5.96 Å². The highest BCUT2D eigenvalue weighted by Gasteiger charge is 2.06. The summed E-state index contributed by atoms with van der Waals surface area (Å²) >= 11 is 1.78. The molecule has 0 aliphatic heterocycles. The van der Waals surface area contributed by atoms with E-state index >= 15 is 0 Å². The van der Waals surface area contributed by atoms with Crippen molar-refractivity contribution in [1.29, 1.82) is 0 Å². The van der Waals surface area contributed by atoms with Crippen molar-refractivity contribution >= 4 is 53.3 Å². The third kappa shape index (κ3) is 11.3. The van der Waals surface area contributed by atoms with Gasteiger partial charge in [-0.05, 0) is 31.7 Å². The van der Waals surface area contributed by atoms with Gasteiger partial charge in [0, 0.05) is 51.7 Å². The Morgan fingerprint density at radius 2 is 1.81 bits per heavy atom. The lowest BCUT2D eigenvalue weighted by atomic mass is 10.2. The Hall–Kier alpha value is -1.16. The number of guanidine groups is 1. The predicted octanol–water partition coefficient (Wildman–Crippen LogP) is 2.51. The fourth-order valence-electron chi connectivity index (χ4n) is 2.32. The van der Waals surface area contributed by atoms with Gasteiger partial charge in [-0.2, -0.15) is 11.8 Å². The summed E-state index contributed by atoms with van der Waals surface area (Å²) in [6, 6.07) is 10.5. The zero-order chi connectivity index (χ0) is 19.2. The van der Waals surface area contributed by atoms with Crippen molar-refractivity contribution in [2.75, 3.05) is 63.7 Å². The molecule has 0 aromatic heterocycles. The van der Waals surface area contributed by atoms with E-state index < -0.39 is 0 Å². The Morgan fingerprint density at radius 1 is 1.15 bits per heavy atom. The molecule has 0 bridgehead atoms. The molecule has 0 saturated heterocycles. The van der Waals surface area contributed by atoms with E-state index in [-0.39, 0.29) is 36.4 Å². The maximum atomic E-state index is 11.7. The first-order valence-corrected chi connectivity index (χ1v) is 10.5. The Bertz CT molecular complexity index is 542. The quantitative estimate of drug-likeness (QED) is 0.209. The Kier molecular flexibility index (Phi) is 15.2. The van der Waals surface area contributed by atoms with Gasteiger partial charge in [0.2, 0.25) is 5.91 Å². The van der Waals surface area contributed by atoms with Gasteiger partial charge in [-0.3, -0.25) is 4.79 Å². The van der Waals surface area contributed by atoms with Crippen molar-refractivity contribution in [1.82, 2.24) is 15.5 Å². The van der Waals surface area contributed by atoms with Crippen LogP contribution in [0.5, 0.6) is 0 Å². The molecular weight excluding hydrogens is 473 g/mol. The zero-order valence-corrected chi connectivity index (χ0v) is 20.0. The number of amides is 1. The number of nitrogens with zero attached hydrogens (tertiary/aromatic N) is 3. The van der Waals surface area contributed by atoms with Crippen molar-refractivity contribution in [2.24, 2.45) is 4.99 Å². The molecule has 0 spiro atoms. The minimum Gasteiger partial charge on any atom is -0.372 e. The second-order valence-electron chi connectivity index (χ2n) is 6.07. The molecule has 8 heteroatoms. The fraction of sp³-hybridized carbons (Fsp3) is 0.579. The van der Waals surface area contributed by atoms with E-state index in [9.17, 15) is 4.79 Å². The first kappa shape index (κ1) is 25.8. The van der Waals surface area contributed by atoms with Crippen LogP contribution in [0.1, 0.15) is 13.3 Å². The number of hydrogen-bond acceptors (Lipinski definition) is 4. The summed E-state index contributed by atoms with van der Waals surface area (Å²) in [5.41, 5.74) is 1.25. The number of thioether (sulfide) groups is 1. The number of halogens is 1. The van der Waals surface area contributed by atoms with Crippen LogP contribution in [0.25, 0.3) is 0 Å². The minimum absolute atomic E-state index is 0.